The molecule has 0 aliphatic carbocycles. The van der Waals surface area contributed by atoms with Crippen LogP contribution in [0.1, 0.15) is 21.7 Å². The molecule has 3 rings (SSSR count). The first-order chi connectivity index (χ1) is 11.8. The summed E-state index contributed by atoms with van der Waals surface area (Å²) in [5.41, 5.74) is 0.964. The number of aryl methyl sites for hydroxylation is 1. The van der Waals surface area contributed by atoms with Gasteiger partial charge in [-0.05, 0) is 48.9 Å². The van der Waals surface area contributed by atoms with Gasteiger partial charge in [0.05, 0.1) is 17.8 Å². The summed E-state index contributed by atoms with van der Waals surface area (Å²) in [4.78, 5) is 11.6. The highest BCUT2D eigenvalue weighted by Crippen LogP contribution is 2.28. The number of ether oxygens (including phenoxy) is 1. The largest absolute Gasteiger partial charge is 0.497 e. The molecule has 1 N–H and O–H groups in total. The lowest BCUT2D eigenvalue weighted by molar-refractivity contribution is 0.0697. The predicted molar refractivity (Wildman–Crippen MR) is 91.8 cm³/mol. The quantitative estimate of drug-likeness (QED) is 0.749. The molecule has 7 heteroatoms. The molecule has 3 aromatic rings. The number of hydrogen-bond donors (Lipinski definition) is 1. The lowest BCUT2D eigenvalue weighted by Gasteiger charge is -2.06. The number of hydrogen-bond acceptors (Lipinski definition) is 5. The van der Waals surface area contributed by atoms with Crippen molar-refractivity contribution >= 4 is 26.8 Å². The van der Waals surface area contributed by atoms with Crippen LogP contribution in [0, 0.1) is 6.92 Å². The van der Waals surface area contributed by atoms with Crippen LogP contribution in [0.3, 0.4) is 0 Å². The summed E-state index contributed by atoms with van der Waals surface area (Å²) in [5, 5.41) is 9.71. The zero-order valence-corrected chi connectivity index (χ0v) is 14.5. The van der Waals surface area contributed by atoms with E-state index in [4.69, 9.17) is 9.15 Å². The van der Waals surface area contributed by atoms with Crippen molar-refractivity contribution in [2.24, 2.45) is 0 Å². The molecule has 0 unspecified atom stereocenters. The van der Waals surface area contributed by atoms with Gasteiger partial charge in [0, 0.05) is 5.39 Å². The van der Waals surface area contributed by atoms with Crippen LogP contribution in [0.15, 0.2) is 51.8 Å². The number of rotatable bonds is 5. The van der Waals surface area contributed by atoms with Crippen molar-refractivity contribution in [2.75, 3.05) is 7.11 Å². The third kappa shape index (κ3) is 3.23. The van der Waals surface area contributed by atoms with E-state index in [-0.39, 0.29) is 22.0 Å². The van der Waals surface area contributed by atoms with Crippen molar-refractivity contribution in [2.45, 2.75) is 17.6 Å². The number of carboxylic acids is 1. The van der Waals surface area contributed by atoms with Crippen LogP contribution in [0.5, 0.6) is 5.75 Å². The molecule has 0 radical (unpaired) electrons. The first kappa shape index (κ1) is 17.0. The molecule has 6 nitrogen and oxygen atoms in total. The van der Waals surface area contributed by atoms with Crippen molar-refractivity contribution in [1.29, 1.82) is 0 Å². The third-order valence-electron chi connectivity index (χ3n) is 3.92. The van der Waals surface area contributed by atoms with E-state index in [0.29, 0.717) is 22.3 Å². The number of methoxy groups -OCH3 is 1. The Morgan fingerprint density at radius 1 is 1.16 bits per heavy atom. The summed E-state index contributed by atoms with van der Waals surface area (Å²) >= 11 is 0. The van der Waals surface area contributed by atoms with E-state index in [0.717, 1.165) is 0 Å². The average Bonchev–Trinajstić information content (AvgIpc) is 2.89. The minimum Gasteiger partial charge on any atom is -0.497 e. The molecule has 130 valence electrons. The zero-order valence-electron chi connectivity index (χ0n) is 13.6. The molecule has 0 atom stereocenters. The molecule has 1 heterocycles. The first-order valence-electron chi connectivity index (χ1n) is 7.44. The predicted octanol–water partition coefficient (Wildman–Crippen LogP) is 3.42. The molecule has 0 amide bonds. The van der Waals surface area contributed by atoms with E-state index in [2.05, 4.69) is 0 Å². The standard InChI is InChI=1S/C18H16O6S/c1-11-17(18(19)20)15-9-12(3-8-16(15)24-11)10-25(21,22)14-6-4-13(23-2)5-7-14/h3-9H,10H2,1-2H3,(H,19,20). The summed E-state index contributed by atoms with van der Waals surface area (Å²) in [7, 11) is -2.06. The van der Waals surface area contributed by atoms with Crippen LogP contribution < -0.4 is 4.74 Å². The zero-order chi connectivity index (χ0) is 18.2. The van der Waals surface area contributed by atoms with Crippen molar-refractivity contribution < 1.29 is 27.5 Å². The number of aromatic carboxylic acids is 1. The Kier molecular flexibility index (Phi) is 4.26. The van der Waals surface area contributed by atoms with Crippen molar-refractivity contribution in [3.63, 3.8) is 0 Å². The highest BCUT2D eigenvalue weighted by Gasteiger charge is 2.20. The maximum absolute atomic E-state index is 12.6. The van der Waals surface area contributed by atoms with Gasteiger partial charge in [0.15, 0.2) is 9.84 Å². The number of benzene rings is 2. The summed E-state index contributed by atoms with van der Waals surface area (Å²) in [5.74, 6) is -0.483. The Labute approximate surface area is 144 Å². The molecule has 0 saturated carbocycles. The smallest absolute Gasteiger partial charge is 0.339 e. The maximum Gasteiger partial charge on any atom is 0.339 e. The van der Waals surface area contributed by atoms with Crippen molar-refractivity contribution in [3.8, 4) is 5.75 Å². The Balaban J connectivity index is 1.98. The lowest BCUT2D eigenvalue weighted by atomic mass is 10.1. The number of carboxylic acid groups (broad SMARTS) is 1. The van der Waals surface area contributed by atoms with E-state index < -0.39 is 15.8 Å². The van der Waals surface area contributed by atoms with Crippen LogP contribution in [-0.2, 0) is 15.6 Å². The van der Waals surface area contributed by atoms with Gasteiger partial charge in [0.25, 0.3) is 0 Å². The first-order valence-corrected chi connectivity index (χ1v) is 9.09. The van der Waals surface area contributed by atoms with Gasteiger partial charge in [0.1, 0.15) is 22.7 Å². The van der Waals surface area contributed by atoms with Crippen LogP contribution in [0.2, 0.25) is 0 Å². The highest BCUT2D eigenvalue weighted by atomic mass is 32.2. The van der Waals surface area contributed by atoms with Gasteiger partial charge in [-0.1, -0.05) is 6.07 Å². The Bertz CT molecular complexity index is 1050. The normalized spacial score (nSPS) is 11.6. The fraction of sp³-hybridized carbons (Fsp3) is 0.167. The van der Waals surface area contributed by atoms with E-state index in [1.807, 2.05) is 0 Å². The molecular formula is C18H16O6S. The third-order valence-corrected chi connectivity index (χ3v) is 5.62. The molecule has 0 bridgehead atoms. The van der Waals surface area contributed by atoms with E-state index in [9.17, 15) is 18.3 Å². The number of fused-ring (bicyclic) bond motifs is 1. The van der Waals surface area contributed by atoms with Crippen LogP contribution in [0.4, 0.5) is 0 Å². The van der Waals surface area contributed by atoms with E-state index in [1.165, 1.54) is 19.2 Å². The topological polar surface area (TPSA) is 93.8 Å². The van der Waals surface area contributed by atoms with Gasteiger partial charge in [0.2, 0.25) is 0 Å². The van der Waals surface area contributed by atoms with Gasteiger partial charge in [-0.15, -0.1) is 0 Å². The summed E-state index contributed by atoms with van der Waals surface area (Å²) in [6.45, 7) is 1.57. The number of furan rings is 1. The monoisotopic (exact) mass is 360 g/mol. The molecule has 0 aliphatic rings. The fourth-order valence-electron chi connectivity index (χ4n) is 2.71. The summed E-state index contributed by atoms with van der Waals surface area (Å²) in [6.07, 6.45) is 0. The minimum absolute atomic E-state index is 0.0543. The van der Waals surface area contributed by atoms with Crippen molar-refractivity contribution in [1.82, 2.24) is 0 Å². The molecule has 1 aromatic heterocycles. The number of sulfone groups is 1. The highest BCUT2D eigenvalue weighted by molar-refractivity contribution is 7.90. The van der Waals surface area contributed by atoms with Crippen LogP contribution >= 0.6 is 0 Å². The Morgan fingerprint density at radius 2 is 1.84 bits per heavy atom. The summed E-state index contributed by atoms with van der Waals surface area (Å²) < 4.78 is 35.6. The summed E-state index contributed by atoms with van der Waals surface area (Å²) in [6, 6.07) is 10.9. The van der Waals surface area contributed by atoms with Crippen molar-refractivity contribution in [3.05, 3.63) is 59.4 Å². The average molecular weight is 360 g/mol. The lowest BCUT2D eigenvalue weighted by Crippen LogP contribution is -2.05. The van der Waals surface area contributed by atoms with Gasteiger partial charge in [-0.25, -0.2) is 13.2 Å². The Hall–Kier alpha value is -2.80. The van der Waals surface area contributed by atoms with Crippen LogP contribution in [-0.4, -0.2) is 26.6 Å². The van der Waals surface area contributed by atoms with Crippen LogP contribution in [0.25, 0.3) is 11.0 Å². The minimum atomic E-state index is -3.57. The molecule has 0 spiro atoms. The fourth-order valence-corrected chi connectivity index (χ4v) is 4.04. The van der Waals surface area contributed by atoms with Gasteiger partial charge in [-0.2, -0.15) is 0 Å². The second-order valence-corrected chi connectivity index (χ2v) is 7.59. The van der Waals surface area contributed by atoms with E-state index in [1.54, 1.807) is 37.3 Å². The maximum atomic E-state index is 12.6. The van der Waals surface area contributed by atoms with E-state index >= 15 is 0 Å². The molecule has 2 aromatic carbocycles. The van der Waals surface area contributed by atoms with Gasteiger partial charge < -0.3 is 14.3 Å². The molecule has 25 heavy (non-hydrogen) atoms. The second-order valence-electron chi connectivity index (χ2n) is 5.60. The second kappa shape index (κ2) is 6.25. The Morgan fingerprint density at radius 3 is 2.44 bits per heavy atom. The molecule has 0 saturated heterocycles. The molecular weight excluding hydrogens is 344 g/mol. The molecule has 0 aliphatic heterocycles. The van der Waals surface area contributed by atoms with Gasteiger partial charge in [-0.3, -0.25) is 0 Å². The van der Waals surface area contributed by atoms with Gasteiger partial charge >= 0.3 is 5.97 Å². The number of carbonyl (C=O) groups is 1. The SMILES string of the molecule is COc1ccc(S(=O)(=O)Cc2ccc3oc(C)c(C(=O)O)c3c2)cc1. The molecule has 0 fully saturated rings.